The number of H-pyrrole nitrogens is 1. The predicted octanol–water partition coefficient (Wildman–Crippen LogP) is 4.61. The molecule has 8 heteroatoms. The zero-order valence-corrected chi connectivity index (χ0v) is 23.4. The van der Waals surface area contributed by atoms with Crippen LogP contribution in [0.3, 0.4) is 0 Å². The van der Waals surface area contributed by atoms with Gasteiger partial charge in [-0.25, -0.2) is 0 Å². The molecule has 0 saturated carbocycles. The molecule has 2 N–H and O–H groups in total. The average molecular weight is 563 g/mol. The van der Waals surface area contributed by atoms with Crippen molar-refractivity contribution in [1.29, 1.82) is 0 Å². The third-order valence-corrected chi connectivity index (χ3v) is 8.00. The Kier molecular flexibility index (Phi) is 8.03. The van der Waals surface area contributed by atoms with E-state index in [1.165, 1.54) is 0 Å². The van der Waals surface area contributed by atoms with Gasteiger partial charge in [0.05, 0.1) is 19.2 Å². The Balaban J connectivity index is 1.23. The minimum Gasteiger partial charge on any atom is -0.494 e. The van der Waals surface area contributed by atoms with E-state index in [1.54, 1.807) is 21.9 Å². The largest absolute Gasteiger partial charge is 0.494 e. The van der Waals surface area contributed by atoms with Crippen molar-refractivity contribution in [2.24, 2.45) is 0 Å². The number of hydrogen-bond acceptors (Lipinski definition) is 4. The highest BCUT2D eigenvalue weighted by molar-refractivity contribution is 5.99. The first kappa shape index (κ1) is 27.3. The number of amides is 3. The van der Waals surface area contributed by atoms with Crippen LogP contribution in [-0.4, -0.2) is 71.3 Å². The molecule has 214 valence electrons. The van der Waals surface area contributed by atoms with E-state index in [1.807, 2.05) is 85.1 Å². The third kappa shape index (κ3) is 6.22. The highest BCUT2D eigenvalue weighted by atomic mass is 16.5. The minimum atomic E-state index is -0.307. The van der Waals surface area contributed by atoms with Crippen molar-refractivity contribution in [1.82, 2.24) is 20.1 Å². The first-order valence-corrected chi connectivity index (χ1v) is 14.4. The molecule has 4 aromatic rings. The number of carbonyl (C=O) groups is 3. The fraction of sp³-hybridized carbons (Fsp3) is 0.265. The van der Waals surface area contributed by atoms with E-state index in [9.17, 15) is 14.4 Å². The predicted molar refractivity (Wildman–Crippen MR) is 162 cm³/mol. The van der Waals surface area contributed by atoms with E-state index in [4.69, 9.17) is 4.74 Å². The number of ether oxygens (including phenoxy) is 1. The molecule has 0 aliphatic carbocycles. The van der Waals surface area contributed by atoms with E-state index in [2.05, 4.69) is 10.3 Å². The Hall–Kier alpha value is -4.85. The first-order valence-electron chi connectivity index (χ1n) is 14.4. The second-order valence-corrected chi connectivity index (χ2v) is 10.9. The number of nitrogens with zero attached hydrogens (tertiary/aromatic N) is 2. The van der Waals surface area contributed by atoms with Crippen molar-refractivity contribution >= 4 is 34.7 Å². The molecule has 42 heavy (non-hydrogen) atoms. The van der Waals surface area contributed by atoms with Gasteiger partial charge in [0.15, 0.2) is 0 Å². The van der Waals surface area contributed by atoms with Gasteiger partial charge in [-0.2, -0.15) is 0 Å². The molecule has 8 nitrogen and oxygen atoms in total. The lowest BCUT2D eigenvalue weighted by atomic mass is 9.94. The summed E-state index contributed by atoms with van der Waals surface area (Å²) in [5.41, 5.74) is 3.45. The van der Waals surface area contributed by atoms with Gasteiger partial charge in [0, 0.05) is 54.3 Å². The highest BCUT2D eigenvalue weighted by Gasteiger charge is 2.37. The summed E-state index contributed by atoms with van der Waals surface area (Å²) in [4.78, 5) is 46.8. The van der Waals surface area contributed by atoms with Crippen molar-refractivity contribution in [3.8, 4) is 5.75 Å². The van der Waals surface area contributed by atoms with Gasteiger partial charge in [-0.05, 0) is 66.4 Å². The van der Waals surface area contributed by atoms with Gasteiger partial charge in [0.25, 0.3) is 5.91 Å². The van der Waals surface area contributed by atoms with E-state index in [-0.39, 0.29) is 36.2 Å². The maximum atomic E-state index is 13.6. The maximum Gasteiger partial charge on any atom is 0.254 e. The number of aromatic nitrogens is 1. The van der Waals surface area contributed by atoms with E-state index < -0.39 is 0 Å². The monoisotopic (exact) mass is 562 g/mol. The topological polar surface area (TPSA) is 94.7 Å². The summed E-state index contributed by atoms with van der Waals surface area (Å²) in [6.07, 6.45) is 6.68. The van der Waals surface area contributed by atoms with Gasteiger partial charge in [-0.3, -0.25) is 14.4 Å². The Bertz CT molecular complexity index is 1610. The summed E-state index contributed by atoms with van der Waals surface area (Å²) in [5.74, 6) is 0.116. The van der Waals surface area contributed by atoms with E-state index >= 15 is 0 Å². The maximum absolute atomic E-state index is 13.6. The summed E-state index contributed by atoms with van der Waals surface area (Å²) < 4.78 is 6.06. The highest BCUT2D eigenvalue weighted by Crippen LogP contribution is 2.31. The molecular weight excluding hydrogens is 528 g/mol. The Morgan fingerprint density at radius 3 is 2.67 bits per heavy atom. The van der Waals surface area contributed by atoms with Gasteiger partial charge in [-0.15, -0.1) is 0 Å². The number of hydrogen-bond donors (Lipinski definition) is 2. The molecule has 6 rings (SSSR count). The van der Waals surface area contributed by atoms with Crippen LogP contribution in [0.1, 0.15) is 40.2 Å². The van der Waals surface area contributed by atoms with Gasteiger partial charge >= 0.3 is 0 Å². The summed E-state index contributed by atoms with van der Waals surface area (Å²) in [5, 5.41) is 4.11. The van der Waals surface area contributed by atoms with Crippen molar-refractivity contribution in [2.45, 2.75) is 24.8 Å². The summed E-state index contributed by atoms with van der Waals surface area (Å²) in [7, 11) is 0. The van der Waals surface area contributed by atoms with E-state index in [0.29, 0.717) is 38.2 Å². The van der Waals surface area contributed by atoms with Crippen LogP contribution in [0.5, 0.6) is 5.75 Å². The lowest BCUT2D eigenvalue weighted by Crippen LogP contribution is -2.47. The second kappa shape index (κ2) is 12.3. The van der Waals surface area contributed by atoms with Crippen LogP contribution in [0, 0.1) is 0 Å². The molecule has 0 unspecified atom stereocenters. The Morgan fingerprint density at radius 1 is 0.905 bits per heavy atom. The molecule has 2 aliphatic rings. The van der Waals surface area contributed by atoms with Crippen molar-refractivity contribution in [3.63, 3.8) is 0 Å². The number of nitrogens with one attached hydrogen (secondary N) is 2. The van der Waals surface area contributed by atoms with Crippen LogP contribution in [0.15, 0.2) is 91.1 Å². The lowest BCUT2D eigenvalue weighted by Gasteiger charge is -2.26. The van der Waals surface area contributed by atoms with E-state index in [0.717, 1.165) is 34.2 Å². The van der Waals surface area contributed by atoms with Crippen LogP contribution < -0.4 is 10.1 Å². The Labute approximate surface area is 245 Å². The molecule has 3 aromatic carbocycles. The number of rotatable bonds is 3. The van der Waals surface area contributed by atoms with Crippen LogP contribution in [-0.2, 0) is 9.59 Å². The number of benzene rings is 3. The fourth-order valence-electron chi connectivity index (χ4n) is 5.78. The molecule has 1 fully saturated rings. The van der Waals surface area contributed by atoms with Crippen LogP contribution >= 0.6 is 0 Å². The standard InChI is InChI=1S/C34H34N4O4/c39-32-23-37(34(41)27-12-13-30-26(19-27)15-16-35-30)17-4-5-18-42-28-10-6-9-25(20-28)29-21-38(22-31(29)36-32)33(40)14-11-24-7-2-1-3-8-24/h1-3,6-16,19-20,29,31,35H,4-5,17-18,21-23H2,(H,36,39)/t29-,31+/m1/s1. The molecule has 2 aliphatic heterocycles. The molecule has 2 atom stereocenters. The summed E-state index contributed by atoms with van der Waals surface area (Å²) in [6, 6.07) is 24.7. The van der Waals surface area contributed by atoms with Crippen molar-refractivity contribution in [2.75, 3.05) is 32.8 Å². The minimum absolute atomic E-state index is 0.0595. The average Bonchev–Trinajstić information content (AvgIpc) is 3.66. The second-order valence-electron chi connectivity index (χ2n) is 10.9. The molecule has 3 amide bonds. The lowest BCUT2D eigenvalue weighted by molar-refractivity contribution is -0.126. The molecule has 1 saturated heterocycles. The van der Waals surface area contributed by atoms with Crippen LogP contribution in [0.25, 0.3) is 17.0 Å². The van der Waals surface area contributed by atoms with Gasteiger partial charge < -0.3 is 24.8 Å². The zero-order chi connectivity index (χ0) is 28.9. The number of fused-ring (bicyclic) bond motifs is 5. The first-order chi connectivity index (χ1) is 20.5. The van der Waals surface area contributed by atoms with Crippen LogP contribution in [0.2, 0.25) is 0 Å². The third-order valence-electron chi connectivity index (χ3n) is 8.00. The molecule has 3 heterocycles. The number of carbonyl (C=O) groups excluding carboxylic acids is 3. The zero-order valence-electron chi connectivity index (χ0n) is 23.4. The van der Waals surface area contributed by atoms with Crippen molar-refractivity contribution in [3.05, 3.63) is 108 Å². The molecule has 2 bridgehead atoms. The Morgan fingerprint density at radius 2 is 1.79 bits per heavy atom. The van der Waals surface area contributed by atoms with Crippen molar-refractivity contribution < 1.29 is 19.1 Å². The van der Waals surface area contributed by atoms with Gasteiger partial charge in [-0.1, -0.05) is 42.5 Å². The normalized spacial score (nSPS) is 19.7. The smallest absolute Gasteiger partial charge is 0.254 e. The molecule has 0 radical (unpaired) electrons. The summed E-state index contributed by atoms with van der Waals surface area (Å²) in [6.45, 7) is 1.72. The fourth-order valence-corrected chi connectivity index (χ4v) is 5.78. The van der Waals surface area contributed by atoms with Gasteiger partial charge in [0.1, 0.15) is 5.75 Å². The molecule has 0 spiro atoms. The van der Waals surface area contributed by atoms with Gasteiger partial charge in [0.2, 0.25) is 11.8 Å². The quantitative estimate of drug-likeness (QED) is 0.357. The number of aromatic amines is 1. The van der Waals surface area contributed by atoms with Crippen LogP contribution in [0.4, 0.5) is 0 Å². The summed E-state index contributed by atoms with van der Waals surface area (Å²) >= 11 is 0. The molecular formula is C34H34N4O4. The molecule has 1 aromatic heterocycles. The number of likely N-dealkylation sites (tertiary alicyclic amines) is 1. The SMILES string of the molecule is O=C1CN(C(=O)c2ccc3[nH]ccc3c2)CCCCOc2cccc(c2)[C@H]2CN(C(=O)C=Cc3ccccc3)C[C@@H]2N1.